The average molecular weight is 192 g/mol. The van der Waals surface area contributed by atoms with Crippen LogP contribution in [0, 0.1) is 0 Å². The normalized spacial score (nSPS) is 10.0. The maximum absolute atomic E-state index is 9.14. The summed E-state index contributed by atoms with van der Waals surface area (Å²) in [6, 6.07) is 6.30. The molecule has 0 saturated carbocycles. The van der Waals surface area contributed by atoms with Crippen LogP contribution in [-0.2, 0) is 0 Å². The molecule has 0 unspecified atom stereocenters. The van der Waals surface area contributed by atoms with Gasteiger partial charge in [-0.05, 0) is 12.1 Å². The van der Waals surface area contributed by atoms with Crippen LogP contribution in [0.5, 0.6) is 17.6 Å². The van der Waals surface area contributed by atoms with E-state index in [9.17, 15) is 0 Å². The smallest absolute Gasteiger partial charge is 0.400 e. The molecular weight excluding hydrogens is 184 g/mol. The van der Waals surface area contributed by atoms with Crippen LogP contribution in [-0.4, -0.2) is 10.1 Å². The number of benzene rings is 1. The molecule has 0 saturated heterocycles. The SMILES string of the molecule is Nc1cnc(Oc2cccc(O)c2)o1. The molecule has 1 aromatic carbocycles. The van der Waals surface area contributed by atoms with E-state index >= 15 is 0 Å². The molecule has 0 aliphatic heterocycles. The number of hydrogen-bond acceptors (Lipinski definition) is 5. The van der Waals surface area contributed by atoms with Gasteiger partial charge in [0.1, 0.15) is 11.5 Å². The zero-order chi connectivity index (χ0) is 9.97. The van der Waals surface area contributed by atoms with Crippen LogP contribution in [0.3, 0.4) is 0 Å². The molecule has 3 N–H and O–H groups in total. The van der Waals surface area contributed by atoms with Crippen molar-refractivity contribution in [1.82, 2.24) is 4.98 Å². The predicted molar refractivity (Wildman–Crippen MR) is 49.1 cm³/mol. The quantitative estimate of drug-likeness (QED) is 0.757. The third kappa shape index (κ3) is 1.77. The molecule has 0 radical (unpaired) electrons. The number of oxazole rings is 1. The Bertz CT molecular complexity index is 439. The zero-order valence-corrected chi connectivity index (χ0v) is 7.18. The van der Waals surface area contributed by atoms with E-state index in [-0.39, 0.29) is 17.7 Å². The number of nitrogens with zero attached hydrogens (tertiary/aromatic N) is 1. The lowest BCUT2D eigenvalue weighted by atomic mass is 10.3. The number of phenols is 1. The molecule has 2 aromatic rings. The molecule has 1 aromatic heterocycles. The second-order valence-electron chi connectivity index (χ2n) is 2.63. The Morgan fingerprint density at radius 2 is 2.29 bits per heavy atom. The van der Waals surface area contributed by atoms with Gasteiger partial charge in [-0.15, -0.1) is 0 Å². The summed E-state index contributed by atoms with van der Waals surface area (Å²) in [6.45, 7) is 0. The molecule has 2 rings (SSSR count). The number of aromatic hydroxyl groups is 1. The lowest BCUT2D eigenvalue weighted by Crippen LogP contribution is -1.82. The molecule has 1 heterocycles. The van der Waals surface area contributed by atoms with Gasteiger partial charge in [-0.2, -0.15) is 4.98 Å². The first-order valence-electron chi connectivity index (χ1n) is 3.92. The molecular formula is C9H8N2O3. The summed E-state index contributed by atoms with van der Waals surface area (Å²) in [4.78, 5) is 3.75. The average Bonchev–Trinajstić information content (AvgIpc) is 2.51. The molecule has 0 bridgehead atoms. The Morgan fingerprint density at radius 1 is 1.43 bits per heavy atom. The minimum absolute atomic E-state index is 0.0492. The van der Waals surface area contributed by atoms with E-state index in [1.165, 1.54) is 18.3 Å². The van der Waals surface area contributed by atoms with Gasteiger partial charge in [-0.3, -0.25) is 0 Å². The van der Waals surface area contributed by atoms with Crippen molar-refractivity contribution in [3.05, 3.63) is 30.5 Å². The molecule has 5 nitrogen and oxygen atoms in total. The second kappa shape index (κ2) is 3.29. The Morgan fingerprint density at radius 3 is 2.93 bits per heavy atom. The molecule has 0 aliphatic rings. The number of nitrogens with two attached hydrogens (primary N) is 1. The van der Waals surface area contributed by atoms with Crippen molar-refractivity contribution in [2.45, 2.75) is 0 Å². The standard InChI is InChI=1S/C9H8N2O3/c10-8-5-11-9(14-8)13-7-3-1-2-6(12)4-7/h1-5,12H,10H2. The van der Waals surface area contributed by atoms with E-state index in [0.717, 1.165) is 0 Å². The Hall–Kier alpha value is -2.17. The van der Waals surface area contributed by atoms with Crippen molar-refractivity contribution in [2.75, 3.05) is 5.73 Å². The van der Waals surface area contributed by atoms with Gasteiger partial charge in [0.25, 0.3) is 0 Å². The molecule has 0 aliphatic carbocycles. The van der Waals surface area contributed by atoms with Crippen LogP contribution < -0.4 is 10.5 Å². The van der Waals surface area contributed by atoms with Gasteiger partial charge >= 0.3 is 6.08 Å². The predicted octanol–water partition coefficient (Wildman–Crippen LogP) is 1.75. The van der Waals surface area contributed by atoms with Gasteiger partial charge in [0.15, 0.2) is 0 Å². The molecule has 0 spiro atoms. The van der Waals surface area contributed by atoms with E-state index < -0.39 is 0 Å². The van der Waals surface area contributed by atoms with E-state index in [0.29, 0.717) is 5.75 Å². The van der Waals surface area contributed by atoms with E-state index in [1.54, 1.807) is 12.1 Å². The summed E-state index contributed by atoms with van der Waals surface area (Å²) >= 11 is 0. The van der Waals surface area contributed by atoms with Crippen LogP contribution >= 0.6 is 0 Å². The fourth-order valence-corrected chi connectivity index (χ4v) is 0.965. The summed E-state index contributed by atoms with van der Waals surface area (Å²) in [7, 11) is 0. The highest BCUT2D eigenvalue weighted by atomic mass is 16.6. The molecule has 72 valence electrons. The number of rotatable bonds is 2. The van der Waals surface area contributed by atoms with Gasteiger partial charge < -0.3 is 20.0 Å². The van der Waals surface area contributed by atoms with Crippen molar-refractivity contribution in [3.63, 3.8) is 0 Å². The molecule has 5 heteroatoms. The third-order valence-corrected chi connectivity index (χ3v) is 1.53. The van der Waals surface area contributed by atoms with Crippen LogP contribution in [0.2, 0.25) is 0 Å². The van der Waals surface area contributed by atoms with Crippen molar-refractivity contribution in [1.29, 1.82) is 0 Å². The highest BCUT2D eigenvalue weighted by Gasteiger charge is 2.03. The summed E-state index contributed by atoms with van der Waals surface area (Å²) in [5, 5.41) is 9.14. The van der Waals surface area contributed by atoms with Crippen LogP contribution in [0.4, 0.5) is 5.88 Å². The van der Waals surface area contributed by atoms with Gasteiger partial charge in [-0.1, -0.05) is 6.07 Å². The minimum Gasteiger partial charge on any atom is -0.508 e. The van der Waals surface area contributed by atoms with Crippen LogP contribution in [0.25, 0.3) is 0 Å². The first-order valence-corrected chi connectivity index (χ1v) is 3.92. The molecule has 14 heavy (non-hydrogen) atoms. The highest BCUT2D eigenvalue weighted by Crippen LogP contribution is 2.24. The molecule has 0 atom stereocenters. The lowest BCUT2D eigenvalue weighted by molar-refractivity contribution is 0.335. The minimum atomic E-state index is 0.0492. The lowest BCUT2D eigenvalue weighted by Gasteiger charge is -1.99. The van der Waals surface area contributed by atoms with Gasteiger partial charge in [0, 0.05) is 6.07 Å². The first kappa shape index (κ1) is 8.43. The van der Waals surface area contributed by atoms with Gasteiger partial charge in [0.2, 0.25) is 5.88 Å². The first-order chi connectivity index (χ1) is 6.74. The van der Waals surface area contributed by atoms with Crippen molar-refractivity contribution >= 4 is 5.88 Å². The van der Waals surface area contributed by atoms with Crippen molar-refractivity contribution < 1.29 is 14.3 Å². The summed E-state index contributed by atoms with van der Waals surface area (Å²) in [6.07, 6.45) is 1.39. The number of phenolic OH excluding ortho intramolecular Hbond substituents is 1. The van der Waals surface area contributed by atoms with Gasteiger partial charge in [0.05, 0.1) is 6.20 Å². The fourth-order valence-electron chi connectivity index (χ4n) is 0.965. The maximum Gasteiger partial charge on any atom is 0.400 e. The van der Waals surface area contributed by atoms with Crippen LogP contribution in [0.1, 0.15) is 0 Å². The number of aromatic nitrogens is 1. The summed E-state index contributed by atoms with van der Waals surface area (Å²) in [5.74, 6) is 0.731. The topological polar surface area (TPSA) is 81.5 Å². The van der Waals surface area contributed by atoms with Crippen molar-refractivity contribution in [3.8, 4) is 17.6 Å². The second-order valence-corrected chi connectivity index (χ2v) is 2.63. The van der Waals surface area contributed by atoms with E-state index in [1.807, 2.05) is 0 Å². The van der Waals surface area contributed by atoms with Crippen molar-refractivity contribution in [2.24, 2.45) is 0 Å². The Labute approximate surface area is 79.8 Å². The van der Waals surface area contributed by atoms with Gasteiger partial charge in [-0.25, -0.2) is 0 Å². The number of anilines is 1. The van der Waals surface area contributed by atoms with E-state index in [4.69, 9.17) is 20.0 Å². The largest absolute Gasteiger partial charge is 0.508 e. The monoisotopic (exact) mass is 192 g/mol. The third-order valence-electron chi connectivity index (χ3n) is 1.53. The fraction of sp³-hybridized carbons (Fsp3) is 0. The zero-order valence-electron chi connectivity index (χ0n) is 7.18. The van der Waals surface area contributed by atoms with Crippen LogP contribution in [0.15, 0.2) is 34.9 Å². The summed E-state index contributed by atoms with van der Waals surface area (Å²) < 4.78 is 10.1. The maximum atomic E-state index is 9.14. The molecule has 0 fully saturated rings. The molecule has 0 amide bonds. The summed E-state index contributed by atoms with van der Waals surface area (Å²) in [5.41, 5.74) is 5.30. The number of nitrogen functional groups attached to an aromatic ring is 1. The van der Waals surface area contributed by atoms with E-state index in [2.05, 4.69) is 4.98 Å². The number of hydrogen-bond donors (Lipinski definition) is 2. The number of ether oxygens (including phenoxy) is 1. The Kier molecular flexibility index (Phi) is 1.98. The highest BCUT2D eigenvalue weighted by molar-refractivity contribution is 5.33. The Balaban J connectivity index is 2.18.